The zero-order chi connectivity index (χ0) is 14.1. The summed E-state index contributed by atoms with van der Waals surface area (Å²) in [5, 5.41) is 18.7. The van der Waals surface area contributed by atoms with Crippen molar-refractivity contribution in [3.8, 4) is 0 Å². The predicted octanol–water partition coefficient (Wildman–Crippen LogP) is 0.992. The molecule has 1 aliphatic rings. The van der Waals surface area contributed by atoms with Gasteiger partial charge in [0.15, 0.2) is 0 Å². The molecule has 0 aromatic heterocycles. The summed E-state index contributed by atoms with van der Waals surface area (Å²) in [7, 11) is 2.81. The van der Waals surface area contributed by atoms with E-state index in [2.05, 4.69) is 0 Å². The number of hydrogen-bond acceptors (Lipinski definition) is 4. The van der Waals surface area contributed by atoms with E-state index in [-0.39, 0.29) is 12.8 Å². The first-order valence-corrected chi connectivity index (χ1v) is 5.74. The second kappa shape index (κ2) is 4.85. The molecule has 0 spiro atoms. The van der Waals surface area contributed by atoms with Gasteiger partial charge in [-0.3, -0.25) is 9.59 Å². The second-order valence-electron chi connectivity index (χ2n) is 5.30. The first-order valence-electron chi connectivity index (χ1n) is 5.74. The van der Waals surface area contributed by atoms with Crippen LogP contribution in [0.15, 0.2) is 0 Å². The zero-order valence-corrected chi connectivity index (χ0v) is 11.1. The Morgan fingerprint density at radius 2 is 1.22 bits per heavy atom. The van der Waals surface area contributed by atoms with Gasteiger partial charge in [0.25, 0.3) is 0 Å². The Balaban J connectivity index is 3.16. The molecule has 0 amide bonds. The summed E-state index contributed by atoms with van der Waals surface area (Å²) < 4.78 is 10.4. The van der Waals surface area contributed by atoms with E-state index in [4.69, 9.17) is 9.47 Å². The molecule has 104 valence electrons. The number of hydrogen-bond donors (Lipinski definition) is 2. The number of rotatable bonds is 4. The maximum absolute atomic E-state index is 11.4. The van der Waals surface area contributed by atoms with Gasteiger partial charge in [-0.05, 0) is 26.7 Å². The first-order chi connectivity index (χ1) is 8.22. The van der Waals surface area contributed by atoms with Gasteiger partial charge in [0.1, 0.15) is 0 Å². The van der Waals surface area contributed by atoms with Crippen LogP contribution in [-0.4, -0.2) is 48.6 Å². The number of ether oxygens (including phenoxy) is 2. The van der Waals surface area contributed by atoms with Gasteiger partial charge >= 0.3 is 11.9 Å². The van der Waals surface area contributed by atoms with Crippen molar-refractivity contribution in [2.75, 3.05) is 14.2 Å². The van der Waals surface area contributed by atoms with Crippen molar-refractivity contribution in [2.45, 2.75) is 38.9 Å². The van der Waals surface area contributed by atoms with Crippen molar-refractivity contribution < 1.29 is 29.3 Å². The molecular weight excluding hydrogens is 240 g/mol. The lowest BCUT2D eigenvalue weighted by Gasteiger charge is -2.47. The summed E-state index contributed by atoms with van der Waals surface area (Å²) in [6.45, 7) is 3.13. The normalized spacial score (nSPS) is 40.4. The molecule has 0 radical (unpaired) electrons. The molecule has 1 rings (SSSR count). The summed E-state index contributed by atoms with van der Waals surface area (Å²) in [5.41, 5.74) is -2.27. The topological polar surface area (TPSA) is 93.1 Å². The Morgan fingerprint density at radius 3 is 1.39 bits per heavy atom. The molecule has 1 aliphatic carbocycles. The summed E-state index contributed by atoms with van der Waals surface area (Å²) in [5.74, 6) is -1.99. The van der Waals surface area contributed by atoms with Crippen LogP contribution in [0.2, 0.25) is 0 Å². The van der Waals surface area contributed by atoms with Crippen LogP contribution in [0.25, 0.3) is 0 Å². The van der Waals surface area contributed by atoms with Crippen LogP contribution in [-0.2, 0) is 19.1 Å². The molecule has 2 N–H and O–H groups in total. The molecule has 0 saturated heterocycles. The first kappa shape index (κ1) is 14.9. The number of methoxy groups -OCH3 is 2. The van der Waals surface area contributed by atoms with Gasteiger partial charge in [-0.2, -0.15) is 0 Å². The van der Waals surface area contributed by atoms with Gasteiger partial charge in [-0.1, -0.05) is 0 Å². The molecule has 18 heavy (non-hydrogen) atoms. The van der Waals surface area contributed by atoms with Gasteiger partial charge < -0.3 is 19.7 Å². The van der Waals surface area contributed by atoms with E-state index in [0.29, 0.717) is 0 Å². The molecule has 0 aromatic rings. The number of carboxylic acids is 2. The quantitative estimate of drug-likeness (QED) is 0.783. The fourth-order valence-corrected chi connectivity index (χ4v) is 2.62. The number of aliphatic carboxylic acids is 2. The van der Waals surface area contributed by atoms with Gasteiger partial charge in [-0.15, -0.1) is 0 Å². The minimum Gasteiger partial charge on any atom is -0.481 e. The summed E-state index contributed by atoms with van der Waals surface area (Å²) >= 11 is 0. The van der Waals surface area contributed by atoms with Crippen molar-refractivity contribution in [3.63, 3.8) is 0 Å². The SMILES string of the molecule is COC1CC(C)(C(=O)O)C(OC)CC1(C)C(=O)O. The lowest BCUT2D eigenvalue weighted by Crippen LogP contribution is -2.57. The molecule has 0 heterocycles. The van der Waals surface area contributed by atoms with Gasteiger partial charge in [-0.25, -0.2) is 0 Å². The predicted molar refractivity (Wildman–Crippen MR) is 62.3 cm³/mol. The fourth-order valence-electron chi connectivity index (χ4n) is 2.62. The van der Waals surface area contributed by atoms with Gasteiger partial charge in [0, 0.05) is 14.2 Å². The third kappa shape index (κ3) is 2.10. The van der Waals surface area contributed by atoms with Crippen molar-refractivity contribution >= 4 is 11.9 Å². The van der Waals surface area contributed by atoms with Crippen molar-refractivity contribution in [3.05, 3.63) is 0 Å². The molecule has 6 nitrogen and oxygen atoms in total. The fraction of sp³-hybridized carbons (Fsp3) is 0.833. The van der Waals surface area contributed by atoms with E-state index < -0.39 is 35.0 Å². The van der Waals surface area contributed by atoms with Crippen LogP contribution in [0, 0.1) is 10.8 Å². The highest BCUT2D eigenvalue weighted by Crippen LogP contribution is 2.48. The van der Waals surface area contributed by atoms with Crippen LogP contribution < -0.4 is 0 Å². The summed E-state index contributed by atoms with van der Waals surface area (Å²) in [6, 6.07) is 0. The lowest BCUT2D eigenvalue weighted by atomic mass is 9.61. The molecule has 0 aliphatic heterocycles. The molecule has 0 aromatic carbocycles. The molecule has 1 fully saturated rings. The molecular formula is C12H20O6. The Labute approximate surface area is 106 Å². The molecule has 0 bridgehead atoms. The average molecular weight is 260 g/mol. The lowest BCUT2D eigenvalue weighted by molar-refractivity contribution is -0.192. The number of carboxylic acid groups (broad SMARTS) is 2. The highest BCUT2D eigenvalue weighted by molar-refractivity contribution is 5.79. The Kier molecular flexibility index (Phi) is 4.02. The Bertz CT molecular complexity index is 320. The second-order valence-corrected chi connectivity index (χ2v) is 5.30. The van der Waals surface area contributed by atoms with E-state index >= 15 is 0 Å². The molecule has 6 heteroatoms. The van der Waals surface area contributed by atoms with Crippen molar-refractivity contribution in [2.24, 2.45) is 10.8 Å². The maximum atomic E-state index is 11.4. The zero-order valence-electron chi connectivity index (χ0n) is 11.1. The van der Waals surface area contributed by atoms with E-state index in [0.717, 1.165) is 0 Å². The minimum atomic E-state index is -1.13. The van der Waals surface area contributed by atoms with E-state index in [9.17, 15) is 19.8 Å². The monoisotopic (exact) mass is 260 g/mol. The highest BCUT2D eigenvalue weighted by Gasteiger charge is 2.57. The Hall–Kier alpha value is -1.14. The Morgan fingerprint density at radius 1 is 0.944 bits per heavy atom. The number of carbonyl (C=O) groups is 2. The van der Waals surface area contributed by atoms with E-state index in [1.807, 2.05) is 0 Å². The van der Waals surface area contributed by atoms with Crippen LogP contribution in [0.3, 0.4) is 0 Å². The van der Waals surface area contributed by atoms with Crippen LogP contribution in [0.1, 0.15) is 26.7 Å². The highest BCUT2D eigenvalue weighted by atomic mass is 16.5. The van der Waals surface area contributed by atoms with E-state index in [1.54, 1.807) is 13.8 Å². The van der Waals surface area contributed by atoms with Crippen molar-refractivity contribution in [1.82, 2.24) is 0 Å². The van der Waals surface area contributed by atoms with Crippen LogP contribution in [0.4, 0.5) is 0 Å². The summed E-state index contributed by atoms with van der Waals surface area (Å²) in [4.78, 5) is 22.8. The van der Waals surface area contributed by atoms with E-state index in [1.165, 1.54) is 14.2 Å². The summed E-state index contributed by atoms with van der Waals surface area (Å²) in [6.07, 6.45) is -1.08. The molecule has 4 atom stereocenters. The maximum Gasteiger partial charge on any atom is 0.312 e. The molecule has 1 saturated carbocycles. The average Bonchev–Trinajstić information content (AvgIpc) is 2.31. The van der Waals surface area contributed by atoms with Crippen LogP contribution in [0.5, 0.6) is 0 Å². The third-order valence-corrected chi connectivity index (χ3v) is 4.19. The van der Waals surface area contributed by atoms with Gasteiger partial charge in [0.2, 0.25) is 0 Å². The molecule has 4 unspecified atom stereocenters. The third-order valence-electron chi connectivity index (χ3n) is 4.19. The standard InChI is InChI=1S/C12H20O6/c1-11(9(13)14)5-8(18-4)12(2,10(15)16)6-7(11)17-3/h7-8H,5-6H2,1-4H3,(H,13,14)(H,15,16). The minimum absolute atomic E-state index is 0.111. The van der Waals surface area contributed by atoms with Gasteiger partial charge in [0.05, 0.1) is 23.0 Å². The smallest absolute Gasteiger partial charge is 0.312 e. The van der Waals surface area contributed by atoms with Crippen LogP contribution >= 0.6 is 0 Å². The van der Waals surface area contributed by atoms with Crippen molar-refractivity contribution in [1.29, 1.82) is 0 Å². The largest absolute Gasteiger partial charge is 0.481 e.